The SMILES string of the molecule is O=C(NN=Cc1c(O)[nH]c(=S)[nH]c1=O)c1ccco1. The third-order valence-corrected chi connectivity index (χ3v) is 2.27. The first-order chi connectivity index (χ1) is 9.08. The van der Waals surface area contributed by atoms with Crippen molar-refractivity contribution >= 4 is 24.3 Å². The van der Waals surface area contributed by atoms with Crippen molar-refractivity contribution in [2.45, 2.75) is 0 Å². The van der Waals surface area contributed by atoms with E-state index in [2.05, 4.69) is 32.7 Å². The van der Waals surface area contributed by atoms with E-state index in [-0.39, 0.29) is 16.1 Å². The topological polar surface area (TPSA) is 123 Å². The first-order valence-corrected chi connectivity index (χ1v) is 5.41. The molecule has 0 atom stereocenters. The van der Waals surface area contributed by atoms with Gasteiger partial charge < -0.3 is 14.5 Å². The molecule has 98 valence electrons. The summed E-state index contributed by atoms with van der Waals surface area (Å²) in [6, 6.07) is 3.00. The number of aromatic nitrogens is 2. The summed E-state index contributed by atoms with van der Waals surface area (Å²) in [7, 11) is 0. The maximum absolute atomic E-state index is 11.4. The summed E-state index contributed by atoms with van der Waals surface area (Å²) >= 11 is 4.66. The molecule has 8 nitrogen and oxygen atoms in total. The van der Waals surface area contributed by atoms with E-state index < -0.39 is 17.3 Å². The molecule has 0 bridgehead atoms. The number of furan rings is 1. The number of aromatic amines is 2. The molecule has 0 saturated heterocycles. The van der Waals surface area contributed by atoms with E-state index in [4.69, 9.17) is 4.42 Å². The van der Waals surface area contributed by atoms with Crippen LogP contribution in [0.2, 0.25) is 0 Å². The zero-order valence-corrected chi connectivity index (χ0v) is 10.2. The van der Waals surface area contributed by atoms with E-state index in [1.165, 1.54) is 12.3 Å². The Morgan fingerprint density at radius 1 is 1.53 bits per heavy atom. The highest BCUT2D eigenvalue weighted by molar-refractivity contribution is 7.71. The fourth-order valence-electron chi connectivity index (χ4n) is 1.22. The van der Waals surface area contributed by atoms with Crippen molar-refractivity contribution in [2.75, 3.05) is 0 Å². The van der Waals surface area contributed by atoms with Gasteiger partial charge in [-0.1, -0.05) is 0 Å². The van der Waals surface area contributed by atoms with Gasteiger partial charge in [-0.15, -0.1) is 0 Å². The number of H-pyrrole nitrogens is 2. The van der Waals surface area contributed by atoms with E-state index in [1.807, 2.05) is 0 Å². The van der Waals surface area contributed by atoms with Crippen molar-refractivity contribution in [1.82, 2.24) is 15.4 Å². The molecular formula is C10H8N4O4S. The maximum Gasteiger partial charge on any atom is 0.307 e. The minimum atomic E-state index is -0.628. The molecule has 0 fully saturated rings. The number of nitrogens with one attached hydrogen (secondary N) is 3. The highest BCUT2D eigenvalue weighted by atomic mass is 32.1. The molecule has 2 aromatic heterocycles. The molecule has 0 aliphatic rings. The van der Waals surface area contributed by atoms with Gasteiger partial charge in [-0.2, -0.15) is 5.10 Å². The molecule has 0 spiro atoms. The fourth-order valence-corrected chi connectivity index (χ4v) is 1.41. The summed E-state index contributed by atoms with van der Waals surface area (Å²) in [6.45, 7) is 0. The Kier molecular flexibility index (Phi) is 3.57. The van der Waals surface area contributed by atoms with Crippen LogP contribution in [0.3, 0.4) is 0 Å². The van der Waals surface area contributed by atoms with Crippen molar-refractivity contribution in [1.29, 1.82) is 0 Å². The lowest BCUT2D eigenvalue weighted by Crippen LogP contribution is -2.19. The highest BCUT2D eigenvalue weighted by Crippen LogP contribution is 2.03. The van der Waals surface area contributed by atoms with Crippen LogP contribution in [-0.4, -0.2) is 27.2 Å². The normalized spacial score (nSPS) is 10.7. The number of carbonyl (C=O) groups excluding carboxylic acids is 1. The lowest BCUT2D eigenvalue weighted by atomic mass is 10.3. The van der Waals surface area contributed by atoms with Crippen LogP contribution < -0.4 is 11.0 Å². The number of carbonyl (C=O) groups is 1. The van der Waals surface area contributed by atoms with Crippen LogP contribution >= 0.6 is 12.2 Å². The van der Waals surface area contributed by atoms with Crippen LogP contribution in [0.5, 0.6) is 5.88 Å². The number of rotatable bonds is 3. The zero-order chi connectivity index (χ0) is 13.8. The number of hydrogen-bond acceptors (Lipinski definition) is 6. The quantitative estimate of drug-likeness (QED) is 0.370. The Morgan fingerprint density at radius 3 is 2.95 bits per heavy atom. The monoisotopic (exact) mass is 280 g/mol. The third kappa shape index (κ3) is 2.96. The molecule has 0 radical (unpaired) electrons. The van der Waals surface area contributed by atoms with Gasteiger partial charge in [0.1, 0.15) is 5.56 Å². The van der Waals surface area contributed by atoms with Gasteiger partial charge in [0.15, 0.2) is 10.5 Å². The van der Waals surface area contributed by atoms with Crippen LogP contribution in [0.25, 0.3) is 0 Å². The first-order valence-electron chi connectivity index (χ1n) is 5.00. The van der Waals surface area contributed by atoms with Gasteiger partial charge in [0.25, 0.3) is 5.56 Å². The average molecular weight is 280 g/mol. The lowest BCUT2D eigenvalue weighted by Gasteiger charge is -1.97. The summed E-state index contributed by atoms with van der Waals surface area (Å²) < 4.78 is 4.82. The van der Waals surface area contributed by atoms with Crippen molar-refractivity contribution in [2.24, 2.45) is 5.10 Å². The molecule has 4 N–H and O–H groups in total. The number of amides is 1. The Balaban J connectivity index is 2.14. The lowest BCUT2D eigenvalue weighted by molar-refractivity contribution is 0.0927. The number of hydrogen-bond donors (Lipinski definition) is 4. The molecule has 2 rings (SSSR count). The predicted octanol–water partition coefficient (Wildman–Crippen LogP) is 0.495. The van der Waals surface area contributed by atoms with Gasteiger partial charge in [-0.25, -0.2) is 5.43 Å². The molecule has 2 heterocycles. The molecule has 2 aromatic rings. The second-order valence-corrected chi connectivity index (χ2v) is 3.76. The molecule has 0 unspecified atom stereocenters. The summed E-state index contributed by atoms with van der Waals surface area (Å²) in [6.07, 6.45) is 2.33. The van der Waals surface area contributed by atoms with E-state index in [1.54, 1.807) is 6.07 Å². The van der Waals surface area contributed by atoms with Gasteiger partial charge in [-0.3, -0.25) is 14.6 Å². The van der Waals surface area contributed by atoms with Crippen molar-refractivity contribution < 1.29 is 14.3 Å². The van der Waals surface area contributed by atoms with Crippen LogP contribution in [0.4, 0.5) is 0 Å². The molecule has 19 heavy (non-hydrogen) atoms. The van der Waals surface area contributed by atoms with Gasteiger partial charge >= 0.3 is 5.91 Å². The van der Waals surface area contributed by atoms with E-state index in [0.29, 0.717) is 0 Å². The first kappa shape index (κ1) is 12.8. The summed E-state index contributed by atoms with van der Waals surface area (Å²) in [5.41, 5.74) is 1.35. The minimum Gasteiger partial charge on any atom is -0.494 e. The number of aromatic hydroxyl groups is 1. The standard InChI is InChI=1S/C10H8N4O4S/c15-7-5(8(16)13-10(19)12-7)4-11-14-9(17)6-2-1-3-18-6/h1-4H,(H,14,17)(H3,12,13,15,16,19). The molecule has 9 heteroatoms. The number of nitrogens with zero attached hydrogens (tertiary/aromatic N) is 1. The van der Waals surface area contributed by atoms with Gasteiger partial charge in [0, 0.05) is 0 Å². The van der Waals surface area contributed by atoms with Crippen LogP contribution in [0.15, 0.2) is 32.7 Å². The Hall–Kier alpha value is -2.68. The van der Waals surface area contributed by atoms with Gasteiger partial charge in [-0.05, 0) is 24.4 Å². The van der Waals surface area contributed by atoms with E-state index in [0.717, 1.165) is 6.21 Å². The fraction of sp³-hybridized carbons (Fsp3) is 0. The second-order valence-electron chi connectivity index (χ2n) is 3.35. The Labute approximate surface area is 110 Å². The molecule has 0 saturated carbocycles. The summed E-state index contributed by atoms with van der Waals surface area (Å²) in [5.74, 6) is -0.950. The highest BCUT2D eigenvalue weighted by Gasteiger charge is 2.07. The largest absolute Gasteiger partial charge is 0.494 e. The van der Waals surface area contributed by atoms with E-state index in [9.17, 15) is 14.7 Å². The van der Waals surface area contributed by atoms with Crippen molar-refractivity contribution in [3.05, 3.63) is 44.8 Å². The van der Waals surface area contributed by atoms with Gasteiger partial charge in [0.2, 0.25) is 5.88 Å². The number of hydrazone groups is 1. The molecule has 0 aliphatic carbocycles. The van der Waals surface area contributed by atoms with Crippen LogP contribution in [-0.2, 0) is 0 Å². The smallest absolute Gasteiger partial charge is 0.307 e. The van der Waals surface area contributed by atoms with Crippen LogP contribution in [0, 0.1) is 4.77 Å². The summed E-state index contributed by atoms with van der Waals surface area (Å²) in [5, 5.41) is 13.0. The Morgan fingerprint density at radius 2 is 2.32 bits per heavy atom. The summed E-state index contributed by atoms with van der Waals surface area (Å²) in [4.78, 5) is 27.5. The molecule has 0 aromatic carbocycles. The van der Waals surface area contributed by atoms with E-state index >= 15 is 0 Å². The minimum absolute atomic E-state index is 0.0146. The van der Waals surface area contributed by atoms with Crippen molar-refractivity contribution in [3.8, 4) is 5.88 Å². The molecular weight excluding hydrogens is 272 g/mol. The predicted molar refractivity (Wildman–Crippen MR) is 67.7 cm³/mol. The third-order valence-electron chi connectivity index (χ3n) is 2.06. The average Bonchev–Trinajstić information content (AvgIpc) is 2.85. The molecule has 0 aliphatic heterocycles. The van der Waals surface area contributed by atoms with Crippen LogP contribution in [0.1, 0.15) is 16.1 Å². The molecule has 1 amide bonds. The second kappa shape index (κ2) is 5.31. The maximum atomic E-state index is 11.4. The zero-order valence-electron chi connectivity index (χ0n) is 9.34. The Bertz CT molecular complexity index is 729. The van der Waals surface area contributed by atoms with Crippen molar-refractivity contribution in [3.63, 3.8) is 0 Å². The van der Waals surface area contributed by atoms with Gasteiger partial charge in [0.05, 0.1) is 12.5 Å².